The molecular formula is C15H28N4S. The van der Waals surface area contributed by atoms with E-state index in [1.54, 1.807) is 0 Å². The van der Waals surface area contributed by atoms with E-state index in [4.69, 9.17) is 10.9 Å². The maximum absolute atomic E-state index is 5.65. The third kappa shape index (κ3) is 4.79. The Morgan fingerprint density at radius 1 is 1.45 bits per heavy atom. The van der Waals surface area contributed by atoms with Crippen LogP contribution in [0.25, 0.3) is 0 Å². The van der Waals surface area contributed by atoms with Crippen molar-refractivity contribution in [1.82, 2.24) is 15.2 Å². The summed E-state index contributed by atoms with van der Waals surface area (Å²) in [6, 6.07) is 3.10. The summed E-state index contributed by atoms with van der Waals surface area (Å²) in [6.45, 7) is 2.21. The van der Waals surface area contributed by atoms with E-state index in [9.17, 15) is 0 Å². The molecule has 0 saturated heterocycles. The van der Waals surface area contributed by atoms with E-state index in [1.807, 2.05) is 11.8 Å². The number of thioether (sulfide) groups is 1. The summed E-state index contributed by atoms with van der Waals surface area (Å²) in [7, 11) is 0. The van der Waals surface area contributed by atoms with Crippen LogP contribution in [0.2, 0.25) is 0 Å². The highest BCUT2D eigenvalue weighted by Gasteiger charge is 2.17. The van der Waals surface area contributed by atoms with Gasteiger partial charge in [0.15, 0.2) is 0 Å². The predicted molar refractivity (Wildman–Crippen MR) is 86.8 cm³/mol. The van der Waals surface area contributed by atoms with Crippen LogP contribution in [-0.2, 0) is 6.42 Å². The third-order valence-corrected chi connectivity index (χ3v) is 5.31. The van der Waals surface area contributed by atoms with Crippen LogP contribution in [0.1, 0.15) is 57.2 Å². The van der Waals surface area contributed by atoms with Crippen LogP contribution in [0.3, 0.4) is 0 Å². The number of rotatable bonds is 8. The summed E-state index contributed by atoms with van der Waals surface area (Å²) in [5.74, 6) is 7.91. The summed E-state index contributed by atoms with van der Waals surface area (Å²) < 4.78 is 2.18. The van der Waals surface area contributed by atoms with Crippen LogP contribution in [0.15, 0.2) is 12.3 Å². The molecule has 1 aliphatic rings. The van der Waals surface area contributed by atoms with Crippen LogP contribution in [0.5, 0.6) is 0 Å². The van der Waals surface area contributed by atoms with Crippen LogP contribution in [0, 0.1) is 0 Å². The molecule has 1 atom stereocenters. The Hall–Kier alpha value is -0.520. The summed E-state index contributed by atoms with van der Waals surface area (Å²) in [6.07, 6.45) is 10.9. The minimum absolute atomic E-state index is 0.321. The largest absolute Gasteiger partial charge is 0.271 e. The van der Waals surface area contributed by atoms with Gasteiger partial charge >= 0.3 is 0 Å². The topological polar surface area (TPSA) is 55.9 Å². The molecule has 0 aromatic carbocycles. The molecule has 1 aromatic rings. The van der Waals surface area contributed by atoms with Crippen molar-refractivity contribution in [2.75, 3.05) is 11.5 Å². The van der Waals surface area contributed by atoms with Crippen molar-refractivity contribution >= 4 is 11.8 Å². The number of hydrogen-bond donors (Lipinski definition) is 2. The van der Waals surface area contributed by atoms with Gasteiger partial charge in [-0.3, -0.25) is 16.0 Å². The van der Waals surface area contributed by atoms with E-state index < -0.39 is 0 Å². The highest BCUT2D eigenvalue weighted by atomic mass is 32.2. The summed E-state index contributed by atoms with van der Waals surface area (Å²) >= 11 is 1.96. The Morgan fingerprint density at radius 3 is 2.95 bits per heavy atom. The van der Waals surface area contributed by atoms with Gasteiger partial charge in [-0.2, -0.15) is 16.9 Å². The van der Waals surface area contributed by atoms with Gasteiger partial charge < -0.3 is 0 Å². The highest BCUT2D eigenvalue weighted by molar-refractivity contribution is 7.99. The van der Waals surface area contributed by atoms with Gasteiger partial charge in [0, 0.05) is 24.4 Å². The molecule has 3 N–H and O–H groups in total. The first-order valence-electron chi connectivity index (χ1n) is 7.91. The van der Waals surface area contributed by atoms with Crippen molar-refractivity contribution in [3.8, 4) is 0 Å². The maximum atomic E-state index is 5.65. The Morgan fingerprint density at radius 2 is 2.25 bits per heavy atom. The van der Waals surface area contributed by atoms with Crippen LogP contribution in [-0.4, -0.2) is 27.3 Å². The van der Waals surface area contributed by atoms with Crippen LogP contribution >= 0.6 is 11.8 Å². The second-order valence-electron chi connectivity index (χ2n) is 5.72. The Labute approximate surface area is 126 Å². The fourth-order valence-electron chi connectivity index (χ4n) is 2.82. The van der Waals surface area contributed by atoms with E-state index in [2.05, 4.69) is 29.3 Å². The average Bonchev–Trinajstić information content (AvgIpc) is 2.96. The van der Waals surface area contributed by atoms with E-state index in [0.717, 1.165) is 17.9 Å². The van der Waals surface area contributed by atoms with Crippen molar-refractivity contribution in [2.24, 2.45) is 5.84 Å². The molecule has 114 valence electrons. The molecule has 0 radical (unpaired) electrons. The molecule has 4 nitrogen and oxygen atoms in total. The zero-order valence-corrected chi connectivity index (χ0v) is 13.4. The number of aromatic nitrogens is 2. The standard InChI is InChI=1S/C15H28N4S/c1-2-10-20-12-14(17-16)11-13-8-9-19(18-13)15-6-4-3-5-7-15/h8-9,14-15,17H,2-7,10-12,16H2,1H3. The van der Waals surface area contributed by atoms with Gasteiger partial charge in [-0.05, 0) is 31.1 Å². The fourth-order valence-corrected chi connectivity index (χ4v) is 3.78. The Kier molecular flexibility index (Phi) is 6.90. The minimum Gasteiger partial charge on any atom is -0.271 e. The van der Waals surface area contributed by atoms with Crippen molar-refractivity contribution in [2.45, 2.75) is 64.0 Å². The minimum atomic E-state index is 0.321. The van der Waals surface area contributed by atoms with Crippen LogP contribution in [0.4, 0.5) is 0 Å². The molecule has 1 aromatic heterocycles. The number of hydrazine groups is 1. The summed E-state index contributed by atoms with van der Waals surface area (Å²) in [5.41, 5.74) is 4.09. The molecule has 1 aliphatic carbocycles. The molecule has 0 aliphatic heterocycles. The normalized spacial score (nSPS) is 18.3. The van der Waals surface area contributed by atoms with Gasteiger partial charge in [-0.15, -0.1) is 0 Å². The van der Waals surface area contributed by atoms with Crippen molar-refractivity contribution in [3.05, 3.63) is 18.0 Å². The van der Waals surface area contributed by atoms with E-state index >= 15 is 0 Å². The van der Waals surface area contributed by atoms with Crippen molar-refractivity contribution < 1.29 is 0 Å². The van der Waals surface area contributed by atoms with Gasteiger partial charge in [0.1, 0.15) is 0 Å². The lowest BCUT2D eigenvalue weighted by Gasteiger charge is -2.22. The molecule has 2 rings (SSSR count). The molecule has 1 unspecified atom stereocenters. The van der Waals surface area contributed by atoms with Gasteiger partial charge in [-0.1, -0.05) is 26.2 Å². The molecule has 20 heavy (non-hydrogen) atoms. The zero-order valence-electron chi connectivity index (χ0n) is 12.6. The van der Waals surface area contributed by atoms with Gasteiger partial charge in [0.05, 0.1) is 11.7 Å². The molecule has 5 heteroatoms. The lowest BCUT2D eigenvalue weighted by atomic mass is 9.96. The smallest absolute Gasteiger partial charge is 0.0641 e. The van der Waals surface area contributed by atoms with Gasteiger partial charge in [0.2, 0.25) is 0 Å². The maximum Gasteiger partial charge on any atom is 0.0641 e. The number of nitrogens with zero attached hydrogens (tertiary/aromatic N) is 2. The van der Waals surface area contributed by atoms with Crippen molar-refractivity contribution in [3.63, 3.8) is 0 Å². The molecule has 1 saturated carbocycles. The number of nitrogens with one attached hydrogen (secondary N) is 1. The summed E-state index contributed by atoms with van der Waals surface area (Å²) in [4.78, 5) is 0. The molecule has 1 fully saturated rings. The number of hydrogen-bond acceptors (Lipinski definition) is 4. The molecule has 0 bridgehead atoms. The van der Waals surface area contributed by atoms with Crippen molar-refractivity contribution in [1.29, 1.82) is 0 Å². The van der Waals surface area contributed by atoms with Gasteiger partial charge in [0.25, 0.3) is 0 Å². The fraction of sp³-hybridized carbons (Fsp3) is 0.800. The first-order chi connectivity index (χ1) is 9.83. The second kappa shape index (κ2) is 8.70. The predicted octanol–water partition coefficient (Wildman–Crippen LogP) is 2.91. The third-order valence-electron chi connectivity index (χ3n) is 3.97. The average molecular weight is 296 g/mol. The molecular weight excluding hydrogens is 268 g/mol. The molecule has 0 amide bonds. The van der Waals surface area contributed by atoms with E-state index in [0.29, 0.717) is 12.1 Å². The lowest BCUT2D eigenvalue weighted by Crippen LogP contribution is -2.38. The second-order valence-corrected chi connectivity index (χ2v) is 6.87. The lowest BCUT2D eigenvalue weighted by molar-refractivity contribution is 0.327. The first-order valence-corrected chi connectivity index (χ1v) is 9.07. The summed E-state index contributed by atoms with van der Waals surface area (Å²) in [5, 5.41) is 4.76. The quantitative estimate of drug-likeness (QED) is 0.440. The Bertz CT molecular complexity index is 374. The molecule has 1 heterocycles. The highest BCUT2D eigenvalue weighted by Crippen LogP contribution is 2.27. The van der Waals surface area contributed by atoms with E-state index in [1.165, 1.54) is 44.3 Å². The molecule has 0 spiro atoms. The van der Waals surface area contributed by atoms with Gasteiger partial charge in [-0.25, -0.2) is 0 Å². The monoisotopic (exact) mass is 296 g/mol. The SMILES string of the molecule is CCCSCC(Cc1ccn(C2CCCCC2)n1)NN. The zero-order chi connectivity index (χ0) is 14.2. The van der Waals surface area contributed by atoms with Crippen LogP contribution < -0.4 is 11.3 Å². The van der Waals surface area contributed by atoms with E-state index in [-0.39, 0.29) is 0 Å². The Balaban J connectivity index is 1.84. The first kappa shape index (κ1) is 15.9. The number of nitrogens with two attached hydrogens (primary N) is 1.